The van der Waals surface area contributed by atoms with E-state index in [1.54, 1.807) is 0 Å². The van der Waals surface area contributed by atoms with E-state index in [0.717, 1.165) is 34.6 Å². The van der Waals surface area contributed by atoms with Crippen molar-refractivity contribution >= 4 is 12.1 Å². The van der Waals surface area contributed by atoms with Gasteiger partial charge in [-0.3, -0.25) is 4.98 Å². The normalized spacial score (nSPS) is 27.0. The summed E-state index contributed by atoms with van der Waals surface area (Å²) in [6, 6.07) is 8.71. The minimum absolute atomic E-state index is 0.231. The van der Waals surface area contributed by atoms with Gasteiger partial charge in [0, 0.05) is 23.7 Å². The molecular formula is C23H23N3O3. The van der Waals surface area contributed by atoms with Crippen LogP contribution in [0.5, 0.6) is 5.75 Å². The Labute approximate surface area is 169 Å². The van der Waals surface area contributed by atoms with Crippen molar-refractivity contribution in [1.29, 1.82) is 0 Å². The van der Waals surface area contributed by atoms with Crippen molar-refractivity contribution in [3.8, 4) is 16.9 Å². The SMILES string of the molecule is CC1(C)Oc2ccc(-c3cnc4c(c3)C=CC4)cc2C2(COC(N)=N2)C12COC2. The average Bonchev–Trinajstić information content (AvgIpc) is 3.26. The zero-order valence-corrected chi connectivity index (χ0v) is 16.6. The summed E-state index contributed by atoms with van der Waals surface area (Å²) in [5.74, 6) is 0.826. The van der Waals surface area contributed by atoms with E-state index >= 15 is 0 Å². The van der Waals surface area contributed by atoms with E-state index in [9.17, 15) is 0 Å². The van der Waals surface area contributed by atoms with E-state index in [2.05, 4.69) is 49.2 Å². The van der Waals surface area contributed by atoms with Crippen molar-refractivity contribution in [2.75, 3.05) is 19.8 Å². The fraction of sp³-hybridized carbons (Fsp3) is 0.391. The van der Waals surface area contributed by atoms with Crippen LogP contribution in [-0.2, 0) is 21.4 Å². The number of allylic oxidation sites excluding steroid dienone is 1. The first kappa shape index (κ1) is 17.0. The summed E-state index contributed by atoms with van der Waals surface area (Å²) >= 11 is 0. The molecule has 4 heterocycles. The summed E-state index contributed by atoms with van der Waals surface area (Å²) in [6.07, 6.45) is 7.12. The highest BCUT2D eigenvalue weighted by molar-refractivity contribution is 5.76. The van der Waals surface area contributed by atoms with Gasteiger partial charge in [0.15, 0.2) is 0 Å². The number of fused-ring (bicyclic) bond motifs is 4. The van der Waals surface area contributed by atoms with Gasteiger partial charge in [-0.25, -0.2) is 4.99 Å². The lowest BCUT2D eigenvalue weighted by molar-refractivity contribution is -0.247. The van der Waals surface area contributed by atoms with Crippen LogP contribution in [0.1, 0.15) is 30.7 Å². The smallest absolute Gasteiger partial charge is 0.283 e. The molecule has 4 aliphatic rings. The first-order chi connectivity index (χ1) is 13.9. The monoisotopic (exact) mass is 389 g/mol. The summed E-state index contributed by atoms with van der Waals surface area (Å²) in [4.78, 5) is 9.51. The Bertz CT molecular complexity index is 1100. The van der Waals surface area contributed by atoms with E-state index in [-0.39, 0.29) is 11.4 Å². The lowest BCUT2D eigenvalue weighted by Gasteiger charge is -2.61. The molecule has 1 aromatic carbocycles. The first-order valence-electron chi connectivity index (χ1n) is 9.99. The molecule has 2 N–H and O–H groups in total. The third-order valence-electron chi connectivity index (χ3n) is 7.11. The van der Waals surface area contributed by atoms with E-state index in [1.165, 1.54) is 5.56 Å². The second kappa shape index (κ2) is 5.39. The number of hydrogen-bond acceptors (Lipinski definition) is 6. The maximum Gasteiger partial charge on any atom is 0.283 e. The van der Waals surface area contributed by atoms with Crippen LogP contribution in [0, 0.1) is 5.41 Å². The fourth-order valence-corrected chi connectivity index (χ4v) is 5.24. The summed E-state index contributed by atoms with van der Waals surface area (Å²) in [7, 11) is 0. The molecule has 29 heavy (non-hydrogen) atoms. The Balaban J connectivity index is 1.55. The Morgan fingerprint density at radius 1 is 1.07 bits per heavy atom. The minimum Gasteiger partial charge on any atom is -0.487 e. The molecule has 0 bridgehead atoms. The second-order valence-electron chi connectivity index (χ2n) is 8.86. The van der Waals surface area contributed by atoms with Crippen LogP contribution in [0.15, 0.2) is 41.5 Å². The fourth-order valence-electron chi connectivity index (χ4n) is 5.24. The topological polar surface area (TPSA) is 79.0 Å². The van der Waals surface area contributed by atoms with Crippen LogP contribution >= 0.6 is 0 Å². The number of nitrogens with two attached hydrogens (primary N) is 1. The quantitative estimate of drug-likeness (QED) is 0.811. The van der Waals surface area contributed by atoms with Crippen molar-refractivity contribution in [1.82, 2.24) is 4.98 Å². The number of hydrogen-bond donors (Lipinski definition) is 1. The van der Waals surface area contributed by atoms with Gasteiger partial charge < -0.3 is 19.9 Å². The van der Waals surface area contributed by atoms with Gasteiger partial charge in [-0.05, 0) is 43.2 Å². The van der Waals surface area contributed by atoms with Gasteiger partial charge in [-0.1, -0.05) is 18.2 Å². The lowest BCUT2D eigenvalue weighted by Crippen LogP contribution is -2.71. The van der Waals surface area contributed by atoms with E-state index in [1.807, 2.05) is 12.3 Å². The first-order valence-corrected chi connectivity index (χ1v) is 9.99. The number of nitrogens with zero attached hydrogens (tertiary/aromatic N) is 2. The van der Waals surface area contributed by atoms with Crippen molar-refractivity contribution in [3.05, 3.63) is 53.4 Å². The van der Waals surface area contributed by atoms with Gasteiger partial charge >= 0.3 is 0 Å². The number of benzene rings is 1. The molecule has 6 rings (SSSR count). The largest absolute Gasteiger partial charge is 0.487 e. The molecule has 2 spiro atoms. The van der Waals surface area contributed by atoms with Crippen molar-refractivity contribution in [2.45, 2.75) is 31.4 Å². The van der Waals surface area contributed by atoms with Gasteiger partial charge in [-0.2, -0.15) is 0 Å². The zero-order chi connectivity index (χ0) is 19.9. The standard InChI is InChI=1S/C23H23N3O3/c1-21(2)22(11-27-12-22)23(13-28-20(24)26-23)17-9-14(6-7-19(17)29-21)16-8-15-4-3-5-18(15)25-10-16/h3-4,6-10H,5,11-13H2,1-2H3,(H2,24,26). The highest BCUT2D eigenvalue weighted by Crippen LogP contribution is 2.62. The second-order valence-corrected chi connectivity index (χ2v) is 8.86. The molecule has 2 aromatic rings. The van der Waals surface area contributed by atoms with Crippen molar-refractivity contribution < 1.29 is 14.2 Å². The molecule has 6 nitrogen and oxygen atoms in total. The molecule has 1 fully saturated rings. The number of ether oxygens (including phenoxy) is 3. The molecule has 148 valence electrons. The van der Waals surface area contributed by atoms with Crippen LogP contribution in [0.3, 0.4) is 0 Å². The van der Waals surface area contributed by atoms with Gasteiger partial charge in [0.25, 0.3) is 6.02 Å². The van der Waals surface area contributed by atoms with Crippen LogP contribution in [0.25, 0.3) is 17.2 Å². The lowest BCUT2D eigenvalue weighted by atomic mass is 9.55. The molecule has 1 aromatic heterocycles. The predicted molar refractivity (Wildman–Crippen MR) is 110 cm³/mol. The minimum atomic E-state index is -0.619. The highest BCUT2D eigenvalue weighted by Gasteiger charge is 2.71. The molecule has 0 amide bonds. The number of pyridine rings is 1. The summed E-state index contributed by atoms with van der Waals surface area (Å²) in [5, 5.41) is 0. The Kier molecular flexibility index (Phi) is 3.17. The Morgan fingerprint density at radius 2 is 1.93 bits per heavy atom. The molecular weight excluding hydrogens is 366 g/mol. The summed E-state index contributed by atoms with van der Waals surface area (Å²) in [5.41, 5.74) is 10.1. The molecule has 3 aliphatic heterocycles. The number of aliphatic imine (C=N–C) groups is 1. The van der Waals surface area contributed by atoms with E-state index in [0.29, 0.717) is 19.8 Å². The Morgan fingerprint density at radius 3 is 2.66 bits per heavy atom. The average molecular weight is 389 g/mol. The molecule has 1 unspecified atom stereocenters. The van der Waals surface area contributed by atoms with Gasteiger partial charge in [0.1, 0.15) is 23.5 Å². The van der Waals surface area contributed by atoms with Gasteiger partial charge in [0.2, 0.25) is 0 Å². The molecule has 1 atom stereocenters. The van der Waals surface area contributed by atoms with Crippen molar-refractivity contribution in [3.63, 3.8) is 0 Å². The predicted octanol–water partition coefficient (Wildman–Crippen LogP) is 3.05. The number of aromatic nitrogens is 1. The Hall–Kier alpha value is -2.86. The van der Waals surface area contributed by atoms with Crippen LogP contribution in [-0.4, -0.2) is 36.4 Å². The van der Waals surface area contributed by atoms with Gasteiger partial charge in [-0.15, -0.1) is 0 Å². The molecule has 1 aliphatic carbocycles. The summed E-state index contributed by atoms with van der Waals surface area (Å²) < 4.78 is 17.9. The third-order valence-corrected chi connectivity index (χ3v) is 7.11. The summed E-state index contributed by atoms with van der Waals surface area (Å²) in [6.45, 7) is 5.74. The number of rotatable bonds is 1. The molecule has 6 heteroatoms. The van der Waals surface area contributed by atoms with Crippen LogP contribution < -0.4 is 10.5 Å². The zero-order valence-electron chi connectivity index (χ0n) is 16.6. The van der Waals surface area contributed by atoms with E-state index < -0.39 is 11.1 Å². The maximum atomic E-state index is 6.49. The van der Waals surface area contributed by atoms with Crippen molar-refractivity contribution in [2.24, 2.45) is 16.1 Å². The van der Waals surface area contributed by atoms with Crippen LogP contribution in [0.2, 0.25) is 0 Å². The molecule has 0 saturated carbocycles. The van der Waals surface area contributed by atoms with Gasteiger partial charge in [0.05, 0.1) is 24.3 Å². The molecule has 0 radical (unpaired) electrons. The van der Waals surface area contributed by atoms with E-state index in [4.69, 9.17) is 24.9 Å². The highest BCUT2D eigenvalue weighted by atomic mass is 16.5. The van der Waals surface area contributed by atoms with Crippen LogP contribution in [0.4, 0.5) is 0 Å². The third kappa shape index (κ3) is 2.04. The maximum absolute atomic E-state index is 6.49. The molecule has 1 saturated heterocycles. The number of amidine groups is 1.